The molecule has 2 N–H and O–H groups in total. The van der Waals surface area contributed by atoms with Crippen LogP contribution in [0.15, 0.2) is 0 Å². The van der Waals surface area contributed by atoms with Crippen LogP contribution < -0.4 is 10.6 Å². The zero-order valence-corrected chi connectivity index (χ0v) is 9.87. The highest BCUT2D eigenvalue weighted by atomic mass is 16.5. The molecule has 0 radical (unpaired) electrons. The second kappa shape index (κ2) is 5.61. The molecule has 1 unspecified atom stereocenters. The first kappa shape index (κ1) is 11.8. The van der Waals surface area contributed by atoms with Gasteiger partial charge < -0.3 is 20.3 Å². The van der Waals surface area contributed by atoms with Gasteiger partial charge in [-0.1, -0.05) is 0 Å². The van der Waals surface area contributed by atoms with Gasteiger partial charge in [-0.3, -0.25) is 4.79 Å². The van der Waals surface area contributed by atoms with Gasteiger partial charge in [-0.2, -0.15) is 0 Å². The Balaban J connectivity index is 1.81. The van der Waals surface area contributed by atoms with Gasteiger partial charge in [-0.15, -0.1) is 0 Å². The Kier molecular flexibility index (Phi) is 4.15. The first-order valence-corrected chi connectivity index (χ1v) is 6.07. The molecule has 2 fully saturated rings. The quantitative estimate of drug-likeness (QED) is 0.647. The molecule has 2 heterocycles. The number of piperidine rings is 1. The van der Waals surface area contributed by atoms with E-state index in [0.717, 1.165) is 45.6 Å². The number of nitrogens with one attached hydrogen (secondary N) is 2. The van der Waals surface area contributed by atoms with Gasteiger partial charge in [0.2, 0.25) is 5.91 Å². The molecule has 92 valence electrons. The third kappa shape index (κ3) is 2.72. The number of amides is 1. The molecule has 1 amide bonds. The van der Waals surface area contributed by atoms with Crippen molar-refractivity contribution in [2.75, 3.05) is 39.8 Å². The molecular formula is C11H21N3O2. The maximum Gasteiger partial charge on any atom is 0.241 e. The summed E-state index contributed by atoms with van der Waals surface area (Å²) in [4.78, 5) is 14.1. The van der Waals surface area contributed by atoms with E-state index >= 15 is 0 Å². The highest BCUT2D eigenvalue weighted by molar-refractivity contribution is 5.82. The van der Waals surface area contributed by atoms with Crippen LogP contribution in [0.5, 0.6) is 0 Å². The highest BCUT2D eigenvalue weighted by Gasteiger charge is 2.28. The molecule has 2 rings (SSSR count). The molecule has 0 aromatic rings. The van der Waals surface area contributed by atoms with Gasteiger partial charge in [-0.25, -0.2) is 0 Å². The maximum atomic E-state index is 12.1. The second-order valence-electron chi connectivity index (χ2n) is 4.47. The summed E-state index contributed by atoms with van der Waals surface area (Å²) in [7, 11) is 1.74. The van der Waals surface area contributed by atoms with E-state index in [1.807, 2.05) is 4.90 Å². The van der Waals surface area contributed by atoms with Crippen LogP contribution in [0.3, 0.4) is 0 Å². The third-order valence-corrected chi connectivity index (χ3v) is 3.43. The number of likely N-dealkylation sites (tertiary alicyclic amines) is 1. The molecular weight excluding hydrogens is 206 g/mol. The second-order valence-corrected chi connectivity index (χ2v) is 4.47. The van der Waals surface area contributed by atoms with Gasteiger partial charge in [0.05, 0.1) is 12.1 Å². The van der Waals surface area contributed by atoms with Crippen molar-refractivity contribution >= 4 is 5.91 Å². The molecule has 2 saturated heterocycles. The fraction of sp³-hybridized carbons (Fsp3) is 0.909. The van der Waals surface area contributed by atoms with Gasteiger partial charge in [0, 0.05) is 39.8 Å². The van der Waals surface area contributed by atoms with E-state index in [9.17, 15) is 4.79 Å². The van der Waals surface area contributed by atoms with Crippen LogP contribution in [0, 0.1) is 0 Å². The molecule has 2 aliphatic rings. The van der Waals surface area contributed by atoms with Crippen LogP contribution in [0.1, 0.15) is 12.8 Å². The van der Waals surface area contributed by atoms with Crippen molar-refractivity contribution in [3.05, 3.63) is 0 Å². The van der Waals surface area contributed by atoms with Gasteiger partial charge in [0.1, 0.15) is 0 Å². The van der Waals surface area contributed by atoms with E-state index in [1.165, 1.54) is 0 Å². The Labute approximate surface area is 96.5 Å². The van der Waals surface area contributed by atoms with E-state index in [1.54, 1.807) is 7.11 Å². The van der Waals surface area contributed by atoms with Crippen LogP contribution in [0.4, 0.5) is 0 Å². The zero-order valence-electron chi connectivity index (χ0n) is 9.87. The molecule has 0 bridgehead atoms. The average molecular weight is 227 g/mol. The largest absolute Gasteiger partial charge is 0.381 e. The molecule has 0 aliphatic carbocycles. The van der Waals surface area contributed by atoms with Gasteiger partial charge in [-0.05, 0) is 12.8 Å². The standard InChI is InChI=1S/C11H21N3O2/c1-16-9-2-6-14(7-3-9)11(15)10-8-12-4-5-13-10/h9-10,12-13H,2-8H2,1H3. The van der Waals surface area contributed by atoms with Crippen molar-refractivity contribution in [3.8, 4) is 0 Å². The van der Waals surface area contributed by atoms with Crippen molar-refractivity contribution in [2.24, 2.45) is 0 Å². The van der Waals surface area contributed by atoms with E-state index < -0.39 is 0 Å². The lowest BCUT2D eigenvalue weighted by Crippen LogP contribution is -2.57. The molecule has 0 spiro atoms. The van der Waals surface area contributed by atoms with Crippen molar-refractivity contribution < 1.29 is 9.53 Å². The summed E-state index contributed by atoms with van der Waals surface area (Å²) in [6.45, 7) is 4.24. The Hall–Kier alpha value is -0.650. The number of methoxy groups -OCH3 is 1. The number of hydrogen-bond donors (Lipinski definition) is 2. The first-order chi connectivity index (χ1) is 7.81. The summed E-state index contributed by atoms with van der Waals surface area (Å²) in [5.41, 5.74) is 0. The Morgan fingerprint density at radius 1 is 1.31 bits per heavy atom. The summed E-state index contributed by atoms with van der Waals surface area (Å²) in [6.07, 6.45) is 2.26. The minimum Gasteiger partial charge on any atom is -0.381 e. The number of rotatable bonds is 2. The van der Waals surface area contributed by atoms with Gasteiger partial charge >= 0.3 is 0 Å². The van der Waals surface area contributed by atoms with E-state index in [4.69, 9.17) is 4.74 Å². The lowest BCUT2D eigenvalue weighted by atomic mass is 10.1. The van der Waals surface area contributed by atoms with Crippen molar-refractivity contribution in [3.63, 3.8) is 0 Å². The van der Waals surface area contributed by atoms with Crippen LogP contribution in [0.25, 0.3) is 0 Å². The van der Waals surface area contributed by atoms with Crippen LogP contribution in [-0.4, -0.2) is 62.8 Å². The van der Waals surface area contributed by atoms with Gasteiger partial charge in [0.25, 0.3) is 0 Å². The Bertz CT molecular complexity index is 233. The normalized spacial score (nSPS) is 28.1. The topological polar surface area (TPSA) is 53.6 Å². The number of ether oxygens (including phenoxy) is 1. The Morgan fingerprint density at radius 3 is 2.62 bits per heavy atom. The maximum absolute atomic E-state index is 12.1. The monoisotopic (exact) mass is 227 g/mol. The predicted molar refractivity (Wildman–Crippen MR) is 61.3 cm³/mol. The molecule has 1 atom stereocenters. The van der Waals surface area contributed by atoms with Crippen molar-refractivity contribution in [1.29, 1.82) is 0 Å². The molecule has 16 heavy (non-hydrogen) atoms. The fourth-order valence-electron chi connectivity index (χ4n) is 2.36. The summed E-state index contributed by atoms with van der Waals surface area (Å²) in [5.74, 6) is 0.238. The minimum atomic E-state index is -0.0344. The summed E-state index contributed by atoms with van der Waals surface area (Å²) >= 11 is 0. The smallest absolute Gasteiger partial charge is 0.241 e. The summed E-state index contributed by atoms with van der Waals surface area (Å²) < 4.78 is 5.30. The third-order valence-electron chi connectivity index (χ3n) is 3.43. The molecule has 5 heteroatoms. The number of nitrogens with zero attached hydrogens (tertiary/aromatic N) is 1. The number of carbonyl (C=O) groups is 1. The highest BCUT2D eigenvalue weighted by Crippen LogP contribution is 2.13. The van der Waals surface area contributed by atoms with Crippen LogP contribution >= 0.6 is 0 Å². The van der Waals surface area contributed by atoms with Crippen LogP contribution in [-0.2, 0) is 9.53 Å². The SMILES string of the molecule is COC1CCN(C(=O)C2CNCCN2)CC1. The lowest BCUT2D eigenvalue weighted by molar-refractivity contribution is -0.136. The molecule has 0 saturated carbocycles. The average Bonchev–Trinajstić information content (AvgIpc) is 2.39. The minimum absolute atomic E-state index is 0.0344. The molecule has 0 aromatic carbocycles. The zero-order chi connectivity index (χ0) is 11.4. The molecule has 2 aliphatic heterocycles. The van der Waals surface area contributed by atoms with E-state index in [-0.39, 0.29) is 11.9 Å². The fourth-order valence-corrected chi connectivity index (χ4v) is 2.36. The first-order valence-electron chi connectivity index (χ1n) is 6.07. The molecule has 0 aromatic heterocycles. The van der Waals surface area contributed by atoms with Crippen molar-refractivity contribution in [2.45, 2.75) is 25.0 Å². The number of hydrogen-bond acceptors (Lipinski definition) is 4. The predicted octanol–water partition coefficient (Wildman–Crippen LogP) is -0.815. The van der Waals surface area contributed by atoms with Gasteiger partial charge in [0.15, 0.2) is 0 Å². The lowest BCUT2D eigenvalue weighted by Gasteiger charge is -2.35. The van der Waals surface area contributed by atoms with E-state index in [2.05, 4.69) is 10.6 Å². The van der Waals surface area contributed by atoms with Crippen LogP contribution in [0.2, 0.25) is 0 Å². The Morgan fingerprint density at radius 2 is 2.06 bits per heavy atom. The summed E-state index contributed by atoms with van der Waals surface area (Å²) in [5, 5.41) is 6.50. The molecule has 5 nitrogen and oxygen atoms in total. The van der Waals surface area contributed by atoms with E-state index in [0.29, 0.717) is 6.10 Å². The van der Waals surface area contributed by atoms with Crippen molar-refractivity contribution in [1.82, 2.24) is 15.5 Å². The summed E-state index contributed by atoms with van der Waals surface area (Å²) in [6, 6.07) is -0.0344. The number of carbonyl (C=O) groups excluding carboxylic acids is 1. The number of piperazine rings is 1.